The maximum atomic E-state index is 12.1. The minimum absolute atomic E-state index is 0.00526. The fourth-order valence-corrected chi connectivity index (χ4v) is 2.67. The first-order valence-electron chi connectivity index (χ1n) is 7.96. The Morgan fingerprint density at radius 1 is 1.22 bits per heavy atom. The number of ether oxygens (including phenoxy) is 2. The van der Waals surface area contributed by atoms with Crippen LogP contribution in [0.25, 0.3) is 0 Å². The SMILES string of the molecule is CCOc1ccc(CC(=O)NC2CCN(C(=O)OC)CC2)cc1. The summed E-state index contributed by atoms with van der Waals surface area (Å²) in [5.74, 6) is 0.817. The average Bonchev–Trinajstić information content (AvgIpc) is 2.57. The van der Waals surface area contributed by atoms with Crippen LogP contribution >= 0.6 is 0 Å². The summed E-state index contributed by atoms with van der Waals surface area (Å²) in [5.41, 5.74) is 0.956. The maximum absolute atomic E-state index is 12.1. The summed E-state index contributed by atoms with van der Waals surface area (Å²) in [6.45, 7) is 3.79. The molecule has 0 unspecified atom stereocenters. The Morgan fingerprint density at radius 2 is 1.87 bits per heavy atom. The van der Waals surface area contributed by atoms with Crippen LogP contribution in [0.5, 0.6) is 5.75 Å². The number of nitrogens with zero attached hydrogens (tertiary/aromatic N) is 1. The Kier molecular flexibility index (Phi) is 6.26. The van der Waals surface area contributed by atoms with Crippen LogP contribution < -0.4 is 10.1 Å². The number of rotatable bonds is 5. The van der Waals surface area contributed by atoms with E-state index in [0.717, 1.165) is 24.2 Å². The largest absolute Gasteiger partial charge is 0.494 e. The number of hydrogen-bond acceptors (Lipinski definition) is 4. The van der Waals surface area contributed by atoms with Crippen molar-refractivity contribution in [2.24, 2.45) is 0 Å². The van der Waals surface area contributed by atoms with Crippen LogP contribution in [0.3, 0.4) is 0 Å². The highest BCUT2D eigenvalue weighted by Gasteiger charge is 2.24. The minimum atomic E-state index is -0.302. The lowest BCUT2D eigenvalue weighted by atomic mass is 10.0. The zero-order valence-corrected chi connectivity index (χ0v) is 13.7. The number of methoxy groups -OCH3 is 1. The number of nitrogens with one attached hydrogen (secondary N) is 1. The van der Waals surface area contributed by atoms with Gasteiger partial charge in [0.15, 0.2) is 0 Å². The van der Waals surface area contributed by atoms with Gasteiger partial charge in [0.25, 0.3) is 0 Å². The zero-order chi connectivity index (χ0) is 16.7. The van der Waals surface area contributed by atoms with Crippen molar-refractivity contribution in [1.82, 2.24) is 10.2 Å². The van der Waals surface area contributed by atoms with Crippen molar-refractivity contribution >= 4 is 12.0 Å². The quantitative estimate of drug-likeness (QED) is 0.901. The second kappa shape index (κ2) is 8.41. The number of carbonyl (C=O) groups excluding carboxylic acids is 2. The standard InChI is InChI=1S/C17H24N2O4/c1-3-23-15-6-4-13(5-7-15)12-16(20)18-14-8-10-19(11-9-14)17(21)22-2/h4-7,14H,3,8-12H2,1-2H3,(H,18,20). The topological polar surface area (TPSA) is 67.9 Å². The molecule has 1 saturated heterocycles. The third-order valence-electron chi connectivity index (χ3n) is 3.89. The zero-order valence-electron chi connectivity index (χ0n) is 13.7. The van der Waals surface area contributed by atoms with Crippen molar-refractivity contribution in [2.75, 3.05) is 26.8 Å². The lowest BCUT2D eigenvalue weighted by Crippen LogP contribution is -2.46. The van der Waals surface area contributed by atoms with Gasteiger partial charge in [0, 0.05) is 19.1 Å². The number of amides is 2. The first kappa shape index (κ1) is 17.1. The Morgan fingerprint density at radius 3 is 2.43 bits per heavy atom. The van der Waals surface area contributed by atoms with Crippen LogP contribution in [0, 0.1) is 0 Å². The van der Waals surface area contributed by atoms with Crippen molar-refractivity contribution in [3.63, 3.8) is 0 Å². The predicted molar refractivity (Wildman–Crippen MR) is 86.5 cm³/mol. The number of carbonyl (C=O) groups is 2. The fraction of sp³-hybridized carbons (Fsp3) is 0.529. The van der Waals surface area contributed by atoms with Gasteiger partial charge in [-0.25, -0.2) is 4.79 Å². The van der Waals surface area contributed by atoms with E-state index in [1.54, 1.807) is 4.90 Å². The normalized spacial score (nSPS) is 15.1. The summed E-state index contributed by atoms with van der Waals surface area (Å²) < 4.78 is 10.1. The Labute approximate surface area is 136 Å². The van der Waals surface area contributed by atoms with Crippen LogP contribution in [0.4, 0.5) is 4.79 Å². The van der Waals surface area contributed by atoms with Gasteiger partial charge in [-0.3, -0.25) is 4.79 Å². The number of likely N-dealkylation sites (tertiary alicyclic amines) is 1. The summed E-state index contributed by atoms with van der Waals surface area (Å²) in [7, 11) is 1.38. The van der Waals surface area contributed by atoms with E-state index in [-0.39, 0.29) is 18.0 Å². The second-order valence-electron chi connectivity index (χ2n) is 5.55. The van der Waals surface area contributed by atoms with E-state index in [0.29, 0.717) is 26.1 Å². The van der Waals surface area contributed by atoms with Crippen LogP contribution in [0.2, 0.25) is 0 Å². The molecule has 2 amide bonds. The molecule has 1 aliphatic rings. The lowest BCUT2D eigenvalue weighted by molar-refractivity contribution is -0.121. The van der Waals surface area contributed by atoms with E-state index in [2.05, 4.69) is 5.32 Å². The van der Waals surface area contributed by atoms with E-state index in [1.807, 2.05) is 31.2 Å². The Balaban J connectivity index is 1.76. The molecule has 1 N–H and O–H groups in total. The van der Waals surface area contributed by atoms with Gasteiger partial charge in [-0.05, 0) is 37.5 Å². The monoisotopic (exact) mass is 320 g/mol. The fourth-order valence-electron chi connectivity index (χ4n) is 2.67. The predicted octanol–water partition coefficient (Wildman–Crippen LogP) is 1.97. The van der Waals surface area contributed by atoms with Gasteiger partial charge in [0.2, 0.25) is 5.91 Å². The molecule has 1 aromatic carbocycles. The maximum Gasteiger partial charge on any atom is 0.409 e. The first-order valence-corrected chi connectivity index (χ1v) is 7.96. The van der Waals surface area contributed by atoms with Gasteiger partial charge in [-0.15, -0.1) is 0 Å². The average molecular weight is 320 g/mol. The van der Waals surface area contributed by atoms with Crippen LogP contribution in [-0.2, 0) is 16.0 Å². The first-order chi connectivity index (χ1) is 11.1. The van der Waals surface area contributed by atoms with Crippen molar-refractivity contribution in [3.8, 4) is 5.75 Å². The molecule has 2 rings (SSSR count). The molecule has 6 heteroatoms. The molecular weight excluding hydrogens is 296 g/mol. The number of benzene rings is 1. The van der Waals surface area contributed by atoms with Crippen LogP contribution in [-0.4, -0.2) is 49.7 Å². The second-order valence-corrected chi connectivity index (χ2v) is 5.55. The molecule has 0 bridgehead atoms. The van der Waals surface area contributed by atoms with Crippen molar-refractivity contribution in [3.05, 3.63) is 29.8 Å². The summed E-state index contributed by atoms with van der Waals surface area (Å²) in [6.07, 6.45) is 1.56. The number of piperidine rings is 1. The summed E-state index contributed by atoms with van der Waals surface area (Å²) in [4.78, 5) is 25.2. The molecule has 1 fully saturated rings. The van der Waals surface area contributed by atoms with Crippen molar-refractivity contribution in [1.29, 1.82) is 0 Å². The van der Waals surface area contributed by atoms with E-state index in [4.69, 9.17) is 9.47 Å². The molecule has 1 heterocycles. The van der Waals surface area contributed by atoms with Crippen LogP contribution in [0.15, 0.2) is 24.3 Å². The molecule has 0 atom stereocenters. The molecule has 0 aliphatic carbocycles. The van der Waals surface area contributed by atoms with Gasteiger partial charge in [-0.2, -0.15) is 0 Å². The van der Waals surface area contributed by atoms with Gasteiger partial charge >= 0.3 is 6.09 Å². The molecule has 0 aromatic heterocycles. The molecule has 0 radical (unpaired) electrons. The van der Waals surface area contributed by atoms with Gasteiger partial charge in [0.1, 0.15) is 5.75 Å². The summed E-state index contributed by atoms with van der Waals surface area (Å²) in [6, 6.07) is 7.68. The smallest absolute Gasteiger partial charge is 0.409 e. The van der Waals surface area contributed by atoms with E-state index < -0.39 is 0 Å². The Hall–Kier alpha value is -2.24. The van der Waals surface area contributed by atoms with E-state index >= 15 is 0 Å². The molecule has 0 saturated carbocycles. The van der Waals surface area contributed by atoms with Crippen molar-refractivity contribution < 1.29 is 19.1 Å². The number of hydrogen-bond donors (Lipinski definition) is 1. The summed E-state index contributed by atoms with van der Waals surface area (Å²) >= 11 is 0. The lowest BCUT2D eigenvalue weighted by Gasteiger charge is -2.31. The van der Waals surface area contributed by atoms with Crippen molar-refractivity contribution in [2.45, 2.75) is 32.2 Å². The molecule has 1 aliphatic heterocycles. The highest BCUT2D eigenvalue weighted by molar-refractivity contribution is 5.79. The third-order valence-corrected chi connectivity index (χ3v) is 3.89. The molecule has 23 heavy (non-hydrogen) atoms. The third kappa shape index (κ3) is 5.16. The van der Waals surface area contributed by atoms with E-state index in [1.165, 1.54) is 7.11 Å². The highest BCUT2D eigenvalue weighted by Crippen LogP contribution is 2.14. The van der Waals surface area contributed by atoms with Gasteiger partial charge < -0.3 is 19.7 Å². The highest BCUT2D eigenvalue weighted by atomic mass is 16.5. The minimum Gasteiger partial charge on any atom is -0.494 e. The van der Waals surface area contributed by atoms with E-state index in [9.17, 15) is 9.59 Å². The molecule has 1 aromatic rings. The van der Waals surface area contributed by atoms with Crippen LogP contribution in [0.1, 0.15) is 25.3 Å². The molecule has 0 spiro atoms. The molecule has 6 nitrogen and oxygen atoms in total. The van der Waals surface area contributed by atoms with Gasteiger partial charge in [-0.1, -0.05) is 12.1 Å². The Bertz CT molecular complexity index is 522. The summed E-state index contributed by atoms with van der Waals surface area (Å²) in [5, 5.41) is 3.04. The molecule has 126 valence electrons. The molecular formula is C17H24N2O4. The van der Waals surface area contributed by atoms with Gasteiger partial charge in [0.05, 0.1) is 20.1 Å².